The van der Waals surface area contributed by atoms with E-state index in [1.165, 1.54) is 22.4 Å². The molecule has 36 heavy (non-hydrogen) atoms. The minimum absolute atomic E-state index is 0.0395. The summed E-state index contributed by atoms with van der Waals surface area (Å²) in [7, 11) is 3.35. The van der Waals surface area contributed by atoms with Crippen molar-refractivity contribution in [1.29, 1.82) is 0 Å². The lowest BCUT2D eigenvalue weighted by atomic mass is 9.84. The number of allylic oxidation sites excluding steroid dienone is 1. The first-order valence-corrected chi connectivity index (χ1v) is 12.4. The number of aliphatic hydroxyl groups excluding tert-OH is 1. The van der Waals surface area contributed by atoms with E-state index in [-0.39, 0.29) is 12.8 Å². The van der Waals surface area contributed by atoms with Crippen molar-refractivity contribution in [2.24, 2.45) is 0 Å². The first-order chi connectivity index (χ1) is 17.6. The van der Waals surface area contributed by atoms with E-state index in [1.807, 2.05) is 28.8 Å². The molecule has 2 aromatic carbocycles. The van der Waals surface area contributed by atoms with Gasteiger partial charge in [0.1, 0.15) is 19.1 Å². The topological polar surface area (TPSA) is 56.1 Å². The van der Waals surface area contributed by atoms with Crippen LogP contribution in [0, 0.1) is 6.92 Å². The monoisotopic (exact) mass is 486 g/mol. The number of hydrogen-bond donors (Lipinski definition) is 1. The fourth-order valence-electron chi connectivity index (χ4n) is 5.60. The van der Waals surface area contributed by atoms with Crippen molar-refractivity contribution in [2.45, 2.75) is 45.7 Å². The van der Waals surface area contributed by atoms with E-state index in [1.54, 1.807) is 20.3 Å². The lowest BCUT2D eigenvalue weighted by molar-refractivity contribution is 0.143. The normalized spacial score (nSPS) is 17.1. The van der Waals surface area contributed by atoms with Gasteiger partial charge < -0.3 is 23.9 Å². The largest absolute Gasteiger partial charge is 0.497 e. The molecule has 0 radical (unpaired) electrons. The van der Waals surface area contributed by atoms with E-state index in [4.69, 9.17) is 14.2 Å². The molecular weight excluding hydrogens is 452 g/mol. The highest BCUT2D eigenvalue weighted by atomic mass is 16.5. The first-order valence-electron chi connectivity index (χ1n) is 12.4. The Morgan fingerprint density at radius 1 is 1.17 bits per heavy atom. The van der Waals surface area contributed by atoms with Crippen molar-refractivity contribution < 1.29 is 19.3 Å². The Morgan fingerprint density at radius 2 is 1.97 bits per heavy atom. The Balaban J connectivity index is 1.53. The van der Waals surface area contributed by atoms with Gasteiger partial charge in [-0.2, -0.15) is 0 Å². The Hall–Kier alpha value is -3.48. The van der Waals surface area contributed by atoms with Crippen LogP contribution in [-0.4, -0.2) is 35.3 Å². The average Bonchev–Trinajstić information content (AvgIpc) is 3.18. The quantitative estimate of drug-likeness (QED) is 0.352. The summed E-state index contributed by atoms with van der Waals surface area (Å²) < 4.78 is 19.5. The molecule has 3 aromatic rings. The van der Waals surface area contributed by atoms with Gasteiger partial charge in [0, 0.05) is 36.1 Å². The lowest BCUT2D eigenvalue weighted by Gasteiger charge is -2.41. The predicted molar refractivity (Wildman–Crippen MR) is 141 cm³/mol. The summed E-state index contributed by atoms with van der Waals surface area (Å²) in [6.45, 7) is 8.13. The highest BCUT2D eigenvalue weighted by molar-refractivity contribution is 5.63. The van der Waals surface area contributed by atoms with Crippen LogP contribution in [0.4, 0.5) is 0 Å². The van der Waals surface area contributed by atoms with Gasteiger partial charge >= 0.3 is 0 Å². The lowest BCUT2D eigenvalue weighted by Crippen LogP contribution is -2.40. The molecule has 5 rings (SSSR count). The fraction of sp³-hybridized carbons (Fsp3) is 0.333. The summed E-state index contributed by atoms with van der Waals surface area (Å²) in [5, 5.41) is 10.2. The van der Waals surface area contributed by atoms with E-state index >= 15 is 0 Å². The summed E-state index contributed by atoms with van der Waals surface area (Å²) >= 11 is 0. The molecule has 6 heteroatoms. The highest BCUT2D eigenvalue weighted by Gasteiger charge is 2.36. The van der Waals surface area contributed by atoms with Gasteiger partial charge in [0.15, 0.2) is 11.5 Å². The number of nitrogens with zero attached hydrogens (tertiary/aromatic N) is 2. The molecule has 2 aliphatic heterocycles. The van der Waals surface area contributed by atoms with E-state index < -0.39 is 0 Å². The third-order valence-electron chi connectivity index (χ3n) is 7.54. The van der Waals surface area contributed by atoms with E-state index in [9.17, 15) is 5.11 Å². The molecule has 1 aromatic heterocycles. The molecule has 0 aliphatic carbocycles. The van der Waals surface area contributed by atoms with Crippen molar-refractivity contribution >= 4 is 6.08 Å². The van der Waals surface area contributed by atoms with Crippen LogP contribution in [0.5, 0.6) is 11.5 Å². The zero-order valence-electron chi connectivity index (χ0n) is 21.3. The molecule has 1 unspecified atom stereocenters. The minimum atomic E-state index is -0.0395. The van der Waals surface area contributed by atoms with Gasteiger partial charge in [-0.25, -0.2) is 0 Å². The summed E-state index contributed by atoms with van der Waals surface area (Å²) in [4.78, 5) is 2.52. The van der Waals surface area contributed by atoms with Crippen LogP contribution in [0.25, 0.3) is 6.08 Å². The van der Waals surface area contributed by atoms with E-state index in [0.29, 0.717) is 12.4 Å². The zero-order valence-corrected chi connectivity index (χ0v) is 21.3. The fourth-order valence-corrected chi connectivity index (χ4v) is 5.60. The van der Waals surface area contributed by atoms with Crippen LogP contribution in [0.2, 0.25) is 0 Å². The summed E-state index contributed by atoms with van der Waals surface area (Å²) in [5.41, 5.74) is 8.30. The molecule has 0 saturated heterocycles. The van der Waals surface area contributed by atoms with Crippen LogP contribution in [0.1, 0.15) is 45.2 Å². The Kier molecular flexibility index (Phi) is 6.90. The smallest absolute Gasteiger partial charge is 0.162 e. The van der Waals surface area contributed by atoms with Crippen molar-refractivity contribution in [1.82, 2.24) is 9.47 Å². The predicted octanol–water partition coefficient (Wildman–Crippen LogP) is 5.16. The zero-order chi connectivity index (χ0) is 25.2. The van der Waals surface area contributed by atoms with E-state index in [2.05, 4.69) is 42.7 Å². The minimum Gasteiger partial charge on any atom is -0.497 e. The molecule has 1 atom stereocenters. The number of benzene rings is 2. The highest BCUT2D eigenvalue weighted by Crippen LogP contribution is 2.44. The number of aromatic nitrogens is 1. The molecule has 2 aliphatic rings. The number of rotatable bonds is 8. The standard InChI is InChI=1S/C30H34N2O4/c1-5-23(34-3)14-24-20(2)32(19-33)28-17-31-12-11-22-13-29(35-4)30(16-25(22)27(31)15-26(24)28)36-18-21-9-7-6-8-10-21/h5-10,13-14,16,27,33H,1,11-12,15,17-19H2,2-4H3/b23-14+. The number of ether oxygens (including phenoxy) is 3. The maximum atomic E-state index is 10.2. The second-order valence-corrected chi connectivity index (χ2v) is 9.37. The van der Waals surface area contributed by atoms with Gasteiger partial charge in [-0.3, -0.25) is 4.90 Å². The second kappa shape index (κ2) is 10.2. The molecule has 188 valence electrons. The second-order valence-electron chi connectivity index (χ2n) is 9.37. The summed E-state index contributed by atoms with van der Waals surface area (Å²) in [5.74, 6) is 2.25. The maximum absolute atomic E-state index is 10.2. The molecule has 0 amide bonds. The van der Waals surface area contributed by atoms with Crippen molar-refractivity contribution in [3.8, 4) is 11.5 Å². The number of hydrogen-bond acceptors (Lipinski definition) is 5. The van der Waals surface area contributed by atoms with Gasteiger partial charge in [-0.1, -0.05) is 36.9 Å². The van der Waals surface area contributed by atoms with Crippen LogP contribution >= 0.6 is 0 Å². The van der Waals surface area contributed by atoms with Crippen molar-refractivity contribution in [3.63, 3.8) is 0 Å². The molecular formula is C30H34N2O4. The summed E-state index contributed by atoms with van der Waals surface area (Å²) in [6.07, 6.45) is 5.55. The molecule has 3 heterocycles. The van der Waals surface area contributed by atoms with Crippen molar-refractivity contribution in [3.05, 3.63) is 100 Å². The third kappa shape index (κ3) is 4.31. The Bertz CT molecular complexity index is 1290. The van der Waals surface area contributed by atoms with Gasteiger partial charge in [0.05, 0.1) is 14.2 Å². The summed E-state index contributed by atoms with van der Waals surface area (Å²) in [6, 6.07) is 14.7. The first kappa shape index (κ1) is 24.2. The SMILES string of the molecule is C=C/C(=C\c1c2c(n(CO)c1C)CN1CCc3cc(OC)c(OCc4ccccc4)cc3C1C2)OC. The molecule has 0 bridgehead atoms. The number of fused-ring (bicyclic) bond motifs is 4. The third-order valence-corrected chi connectivity index (χ3v) is 7.54. The maximum Gasteiger partial charge on any atom is 0.162 e. The molecule has 6 nitrogen and oxygen atoms in total. The van der Waals surface area contributed by atoms with Gasteiger partial charge in [0.25, 0.3) is 0 Å². The van der Waals surface area contributed by atoms with Crippen molar-refractivity contribution in [2.75, 3.05) is 20.8 Å². The van der Waals surface area contributed by atoms with Gasteiger partial charge in [-0.15, -0.1) is 0 Å². The Morgan fingerprint density at radius 3 is 2.67 bits per heavy atom. The van der Waals surface area contributed by atoms with Crippen LogP contribution in [0.15, 0.2) is 60.9 Å². The van der Waals surface area contributed by atoms with Crippen LogP contribution in [0.3, 0.4) is 0 Å². The van der Waals surface area contributed by atoms with Crippen LogP contribution in [-0.2, 0) is 37.5 Å². The molecule has 0 saturated carbocycles. The Labute approximate surface area is 213 Å². The number of aliphatic hydroxyl groups is 1. The van der Waals surface area contributed by atoms with Crippen LogP contribution < -0.4 is 9.47 Å². The molecule has 1 N–H and O–H groups in total. The van der Waals surface area contributed by atoms with Gasteiger partial charge in [0.2, 0.25) is 0 Å². The van der Waals surface area contributed by atoms with Gasteiger partial charge in [-0.05, 0) is 66.3 Å². The average molecular weight is 487 g/mol. The number of methoxy groups -OCH3 is 2. The molecule has 0 fully saturated rings. The van der Waals surface area contributed by atoms with E-state index in [0.717, 1.165) is 54.3 Å². The molecule has 0 spiro atoms.